The summed E-state index contributed by atoms with van der Waals surface area (Å²) in [5.74, 6) is 0.158. The van der Waals surface area contributed by atoms with Crippen LogP contribution in [0.1, 0.15) is 32.6 Å². The van der Waals surface area contributed by atoms with E-state index in [2.05, 4.69) is 19.7 Å². The highest BCUT2D eigenvalue weighted by Crippen LogP contribution is 2.29. The van der Waals surface area contributed by atoms with Crippen molar-refractivity contribution in [1.29, 1.82) is 0 Å². The first-order valence-electron chi connectivity index (χ1n) is 6.38. The molecule has 18 heavy (non-hydrogen) atoms. The number of rotatable bonds is 1. The Labute approximate surface area is 109 Å². The fourth-order valence-corrected chi connectivity index (χ4v) is 2.26. The van der Waals surface area contributed by atoms with Crippen molar-refractivity contribution in [2.24, 2.45) is 5.92 Å². The minimum absolute atomic E-state index is 0.158. The van der Waals surface area contributed by atoms with Crippen LogP contribution in [-0.2, 0) is 0 Å². The van der Waals surface area contributed by atoms with Crippen LogP contribution in [-0.4, -0.2) is 33.6 Å². The largest absolute Gasteiger partial charge is 0.389 e. The van der Waals surface area contributed by atoms with Crippen LogP contribution in [0, 0.1) is 5.92 Å². The molecule has 1 rings (SSSR count). The van der Waals surface area contributed by atoms with Crippen LogP contribution in [0.5, 0.6) is 0 Å². The van der Waals surface area contributed by atoms with Crippen molar-refractivity contribution >= 4 is 0 Å². The summed E-state index contributed by atoms with van der Waals surface area (Å²) >= 11 is 0. The lowest BCUT2D eigenvalue weighted by Gasteiger charge is -2.28. The zero-order valence-electron chi connectivity index (χ0n) is 11.1. The highest BCUT2D eigenvalue weighted by atomic mass is 16.3. The van der Waals surface area contributed by atoms with Crippen LogP contribution in [0.15, 0.2) is 36.5 Å². The fraction of sp³-hybridized carbons (Fsp3) is 0.600. The Morgan fingerprint density at radius 3 is 2.17 bits per heavy atom. The van der Waals surface area contributed by atoms with Crippen LogP contribution in [0.25, 0.3) is 0 Å². The fourth-order valence-electron chi connectivity index (χ4n) is 2.26. The molecule has 0 heterocycles. The summed E-state index contributed by atoms with van der Waals surface area (Å²) in [6.07, 6.45) is -0.208. The average molecular weight is 252 g/mol. The van der Waals surface area contributed by atoms with Gasteiger partial charge in [-0.25, -0.2) is 0 Å². The first-order valence-corrected chi connectivity index (χ1v) is 6.38. The van der Waals surface area contributed by atoms with Gasteiger partial charge in [0, 0.05) is 6.42 Å². The first kappa shape index (κ1) is 15.2. The molecular weight excluding hydrogens is 228 g/mol. The van der Waals surface area contributed by atoms with E-state index in [0.717, 1.165) is 17.6 Å². The van der Waals surface area contributed by atoms with E-state index in [1.807, 2.05) is 6.92 Å². The van der Waals surface area contributed by atoms with Gasteiger partial charge in [0.1, 0.15) is 0 Å². The SMILES string of the molecule is C=C(C)[C@H]1CCC(=C)[C@@H](O)C[C@H](O)C(=C)[C@@H](O)C1. The predicted molar refractivity (Wildman–Crippen MR) is 73.1 cm³/mol. The Morgan fingerprint density at radius 2 is 1.61 bits per heavy atom. The van der Waals surface area contributed by atoms with Gasteiger partial charge in [-0.1, -0.05) is 25.3 Å². The highest BCUT2D eigenvalue weighted by Gasteiger charge is 2.26. The molecule has 0 spiro atoms. The molecule has 1 saturated carbocycles. The molecule has 0 aromatic rings. The van der Waals surface area contributed by atoms with Gasteiger partial charge in [0.2, 0.25) is 0 Å². The van der Waals surface area contributed by atoms with Gasteiger partial charge in [0.05, 0.1) is 18.3 Å². The van der Waals surface area contributed by atoms with E-state index < -0.39 is 18.3 Å². The lowest BCUT2D eigenvalue weighted by Crippen LogP contribution is -2.29. The molecule has 1 aliphatic carbocycles. The van der Waals surface area contributed by atoms with Gasteiger partial charge >= 0.3 is 0 Å². The van der Waals surface area contributed by atoms with Crippen LogP contribution in [0.4, 0.5) is 0 Å². The summed E-state index contributed by atoms with van der Waals surface area (Å²) in [6.45, 7) is 13.5. The maximum atomic E-state index is 10.0. The summed E-state index contributed by atoms with van der Waals surface area (Å²) < 4.78 is 0. The number of hydrogen-bond donors (Lipinski definition) is 3. The molecule has 102 valence electrons. The van der Waals surface area contributed by atoms with Crippen molar-refractivity contribution in [3.63, 3.8) is 0 Å². The van der Waals surface area contributed by atoms with Crippen molar-refractivity contribution < 1.29 is 15.3 Å². The number of allylic oxidation sites excluding steroid dienone is 1. The first-order chi connectivity index (χ1) is 8.32. The maximum Gasteiger partial charge on any atom is 0.0800 e. The second-order valence-electron chi connectivity index (χ2n) is 5.33. The summed E-state index contributed by atoms with van der Waals surface area (Å²) in [7, 11) is 0. The van der Waals surface area contributed by atoms with Crippen molar-refractivity contribution in [1.82, 2.24) is 0 Å². The second kappa shape index (κ2) is 6.32. The molecular formula is C15H24O3. The third-order valence-electron chi connectivity index (χ3n) is 3.79. The van der Waals surface area contributed by atoms with Gasteiger partial charge < -0.3 is 15.3 Å². The summed E-state index contributed by atoms with van der Waals surface area (Å²) in [5, 5.41) is 29.8. The Bertz CT molecular complexity index is 346. The standard InChI is InChI=1S/C15H24O3/c1-9(2)12-6-5-10(3)13(16)8-15(18)11(4)14(17)7-12/h12-18H,1,3-8H2,2H3/t12-,13-,14-,15-/m0/s1. The van der Waals surface area contributed by atoms with Crippen LogP contribution in [0.2, 0.25) is 0 Å². The van der Waals surface area contributed by atoms with Crippen molar-refractivity contribution in [2.45, 2.75) is 50.9 Å². The van der Waals surface area contributed by atoms with E-state index in [9.17, 15) is 15.3 Å². The molecule has 0 aliphatic heterocycles. The number of aliphatic hydroxyl groups excluding tert-OH is 3. The minimum Gasteiger partial charge on any atom is -0.389 e. The smallest absolute Gasteiger partial charge is 0.0800 e. The summed E-state index contributed by atoms with van der Waals surface area (Å²) in [5.41, 5.74) is 2.10. The third-order valence-corrected chi connectivity index (χ3v) is 3.79. The summed E-state index contributed by atoms with van der Waals surface area (Å²) in [4.78, 5) is 0. The molecule has 3 N–H and O–H groups in total. The number of aliphatic hydroxyl groups is 3. The van der Waals surface area contributed by atoms with E-state index in [1.54, 1.807) is 0 Å². The number of hydrogen-bond acceptors (Lipinski definition) is 3. The van der Waals surface area contributed by atoms with Crippen LogP contribution in [0.3, 0.4) is 0 Å². The zero-order chi connectivity index (χ0) is 13.9. The molecule has 4 atom stereocenters. The molecule has 1 aliphatic rings. The molecule has 1 fully saturated rings. The van der Waals surface area contributed by atoms with Crippen LogP contribution >= 0.6 is 0 Å². The molecule has 0 saturated heterocycles. The topological polar surface area (TPSA) is 60.7 Å². The maximum absolute atomic E-state index is 10.0. The van der Waals surface area contributed by atoms with E-state index in [1.165, 1.54) is 0 Å². The molecule has 0 aromatic carbocycles. The monoisotopic (exact) mass is 252 g/mol. The van der Waals surface area contributed by atoms with Gasteiger partial charge in [-0.3, -0.25) is 0 Å². The van der Waals surface area contributed by atoms with Gasteiger partial charge in [-0.05, 0) is 43.3 Å². The third kappa shape index (κ3) is 3.80. The summed E-state index contributed by atoms with van der Waals surface area (Å²) in [6, 6.07) is 0. The Kier molecular flexibility index (Phi) is 5.32. The predicted octanol–water partition coefficient (Wildman–Crippen LogP) is 1.95. The Hall–Kier alpha value is -0.900. The normalized spacial score (nSPS) is 35.3. The van der Waals surface area contributed by atoms with Crippen LogP contribution < -0.4 is 0 Å². The van der Waals surface area contributed by atoms with Gasteiger partial charge in [-0.15, -0.1) is 0 Å². The lowest BCUT2D eigenvalue weighted by molar-refractivity contribution is 0.0842. The Balaban J connectivity index is 2.87. The van der Waals surface area contributed by atoms with E-state index in [4.69, 9.17) is 0 Å². The Morgan fingerprint density at radius 1 is 1.06 bits per heavy atom. The minimum atomic E-state index is -0.893. The van der Waals surface area contributed by atoms with Crippen molar-refractivity contribution in [2.75, 3.05) is 0 Å². The molecule has 0 amide bonds. The van der Waals surface area contributed by atoms with Crippen molar-refractivity contribution in [3.05, 3.63) is 36.5 Å². The average Bonchev–Trinajstić information content (AvgIpc) is 2.30. The van der Waals surface area contributed by atoms with E-state index >= 15 is 0 Å². The molecule has 0 bridgehead atoms. The van der Waals surface area contributed by atoms with E-state index in [0.29, 0.717) is 18.4 Å². The second-order valence-corrected chi connectivity index (χ2v) is 5.33. The molecule has 3 nitrogen and oxygen atoms in total. The molecule has 3 heteroatoms. The van der Waals surface area contributed by atoms with Gasteiger partial charge in [0.15, 0.2) is 0 Å². The van der Waals surface area contributed by atoms with E-state index in [-0.39, 0.29) is 12.3 Å². The van der Waals surface area contributed by atoms with Gasteiger partial charge in [0.25, 0.3) is 0 Å². The quantitative estimate of drug-likeness (QED) is 0.625. The highest BCUT2D eigenvalue weighted by molar-refractivity contribution is 5.15. The molecule has 0 aromatic heterocycles. The van der Waals surface area contributed by atoms with Gasteiger partial charge in [-0.2, -0.15) is 0 Å². The lowest BCUT2D eigenvalue weighted by atomic mass is 9.83. The zero-order valence-corrected chi connectivity index (χ0v) is 11.1. The molecule has 0 unspecified atom stereocenters. The molecule has 0 radical (unpaired) electrons. The van der Waals surface area contributed by atoms with Crippen molar-refractivity contribution in [3.8, 4) is 0 Å².